The van der Waals surface area contributed by atoms with Crippen LogP contribution in [0.1, 0.15) is 40.0 Å². The molecule has 2 heteroatoms. The maximum absolute atomic E-state index is 3.78. The molecule has 1 saturated carbocycles. The Hall–Kier alpha value is 0.310. The van der Waals surface area contributed by atoms with Gasteiger partial charge in [-0.3, -0.25) is 5.32 Å². The van der Waals surface area contributed by atoms with E-state index in [1.165, 1.54) is 25.0 Å². The molecule has 1 heterocycles. The van der Waals surface area contributed by atoms with Gasteiger partial charge < -0.3 is 0 Å². The van der Waals surface area contributed by atoms with Gasteiger partial charge in [0.05, 0.1) is 4.87 Å². The normalized spacial score (nSPS) is 51.5. The van der Waals surface area contributed by atoms with Gasteiger partial charge in [-0.1, -0.05) is 13.8 Å². The van der Waals surface area contributed by atoms with Crippen LogP contribution < -0.4 is 5.32 Å². The van der Waals surface area contributed by atoms with Gasteiger partial charge in [0.1, 0.15) is 0 Å². The Morgan fingerprint density at radius 2 is 2.00 bits per heavy atom. The highest BCUT2D eigenvalue weighted by molar-refractivity contribution is 8.00. The summed E-state index contributed by atoms with van der Waals surface area (Å²) >= 11 is 2.17. The number of thioether (sulfide) groups is 1. The fraction of sp³-hybridized carbons (Fsp3) is 1.00. The van der Waals surface area contributed by atoms with Gasteiger partial charge in [0.15, 0.2) is 0 Å². The largest absolute Gasteiger partial charge is 0.299 e. The number of rotatable bonds is 0. The van der Waals surface area contributed by atoms with Gasteiger partial charge in [-0.2, -0.15) is 0 Å². The molecule has 1 aliphatic carbocycles. The molecule has 1 saturated heterocycles. The van der Waals surface area contributed by atoms with E-state index < -0.39 is 0 Å². The zero-order chi connectivity index (χ0) is 9.47. The van der Waals surface area contributed by atoms with Crippen LogP contribution in [0.4, 0.5) is 0 Å². The van der Waals surface area contributed by atoms with Crippen LogP contribution in [0, 0.1) is 11.8 Å². The first kappa shape index (κ1) is 9.85. The molecule has 2 rings (SSSR count). The van der Waals surface area contributed by atoms with Gasteiger partial charge >= 0.3 is 0 Å². The third-order valence-electron chi connectivity index (χ3n) is 3.75. The molecule has 0 radical (unpaired) electrons. The Morgan fingerprint density at radius 1 is 1.23 bits per heavy atom. The van der Waals surface area contributed by atoms with E-state index in [0.717, 1.165) is 17.9 Å². The van der Waals surface area contributed by atoms with Gasteiger partial charge in [0.25, 0.3) is 0 Å². The van der Waals surface area contributed by atoms with Crippen molar-refractivity contribution >= 4 is 11.8 Å². The summed E-state index contributed by atoms with van der Waals surface area (Å²) in [5.74, 6) is 3.14. The number of nitrogens with one attached hydrogen (secondary N) is 1. The summed E-state index contributed by atoms with van der Waals surface area (Å²) in [7, 11) is 0. The van der Waals surface area contributed by atoms with Gasteiger partial charge in [-0.25, -0.2) is 0 Å². The lowest BCUT2D eigenvalue weighted by molar-refractivity contribution is 0.206. The van der Waals surface area contributed by atoms with Crippen molar-refractivity contribution in [2.75, 3.05) is 5.75 Å². The lowest BCUT2D eigenvalue weighted by Crippen LogP contribution is -2.45. The lowest BCUT2D eigenvalue weighted by atomic mass is 9.78. The van der Waals surface area contributed by atoms with E-state index in [1.54, 1.807) is 0 Å². The van der Waals surface area contributed by atoms with Gasteiger partial charge in [0.2, 0.25) is 0 Å². The minimum absolute atomic E-state index is 0.464. The highest BCUT2D eigenvalue weighted by Crippen LogP contribution is 2.45. The van der Waals surface area contributed by atoms with E-state index in [-0.39, 0.29) is 0 Å². The monoisotopic (exact) mass is 199 g/mol. The van der Waals surface area contributed by atoms with Gasteiger partial charge in [-0.15, -0.1) is 11.8 Å². The van der Waals surface area contributed by atoms with E-state index in [2.05, 4.69) is 37.8 Å². The number of hydrogen-bond acceptors (Lipinski definition) is 2. The summed E-state index contributed by atoms with van der Waals surface area (Å²) in [6.07, 6.45) is 4.17. The van der Waals surface area contributed by atoms with E-state index in [9.17, 15) is 0 Å². The second-order valence-corrected chi connectivity index (χ2v) is 6.45. The summed E-state index contributed by atoms with van der Waals surface area (Å²) in [4.78, 5) is 0.464. The standard InChI is InChI=1S/C11H21NS/c1-8-4-5-11(6-9(8)2)12-10(3)7-13-11/h8-10,12H,4-7H2,1-3H3. The SMILES string of the molecule is CC1CSC2(CCC(C)C(C)C2)N1. The molecule has 1 nitrogen and oxygen atoms in total. The summed E-state index contributed by atoms with van der Waals surface area (Å²) in [5, 5.41) is 3.78. The Kier molecular flexibility index (Phi) is 2.63. The zero-order valence-corrected chi connectivity index (χ0v) is 9.79. The van der Waals surface area contributed by atoms with Crippen molar-refractivity contribution < 1.29 is 0 Å². The molecule has 76 valence electrons. The van der Waals surface area contributed by atoms with Crippen LogP contribution in [0.25, 0.3) is 0 Å². The van der Waals surface area contributed by atoms with E-state index in [0.29, 0.717) is 4.87 Å². The molecule has 0 bridgehead atoms. The highest BCUT2D eigenvalue weighted by atomic mass is 32.2. The predicted molar refractivity (Wildman–Crippen MR) is 60.0 cm³/mol. The van der Waals surface area contributed by atoms with Crippen LogP contribution in [0.5, 0.6) is 0 Å². The average molecular weight is 199 g/mol. The molecule has 4 atom stereocenters. The third-order valence-corrected chi connectivity index (χ3v) is 5.45. The molecule has 4 unspecified atom stereocenters. The maximum atomic E-state index is 3.78. The van der Waals surface area contributed by atoms with Gasteiger partial charge in [-0.05, 0) is 38.0 Å². The first-order valence-electron chi connectivity index (χ1n) is 5.53. The first-order valence-corrected chi connectivity index (χ1v) is 6.51. The molecule has 1 N–H and O–H groups in total. The fourth-order valence-corrected chi connectivity index (χ4v) is 4.23. The molecular formula is C11H21NS. The first-order chi connectivity index (χ1) is 6.11. The molecule has 1 spiro atoms. The van der Waals surface area contributed by atoms with Gasteiger partial charge in [0, 0.05) is 11.8 Å². The Morgan fingerprint density at radius 3 is 2.54 bits per heavy atom. The predicted octanol–water partition coefficient (Wildman–Crippen LogP) is 2.86. The third kappa shape index (κ3) is 1.89. The van der Waals surface area contributed by atoms with E-state index >= 15 is 0 Å². The lowest BCUT2D eigenvalue weighted by Gasteiger charge is -2.40. The zero-order valence-electron chi connectivity index (χ0n) is 8.97. The Bertz CT molecular complexity index is 195. The molecule has 2 aliphatic rings. The smallest absolute Gasteiger partial charge is 0.0650 e. The molecule has 13 heavy (non-hydrogen) atoms. The maximum Gasteiger partial charge on any atom is 0.0650 e. The van der Waals surface area contributed by atoms with Crippen molar-refractivity contribution in [1.82, 2.24) is 5.32 Å². The molecular weight excluding hydrogens is 178 g/mol. The second kappa shape index (κ2) is 3.47. The summed E-state index contributed by atoms with van der Waals surface area (Å²) in [5.41, 5.74) is 0. The summed E-state index contributed by atoms with van der Waals surface area (Å²) in [6.45, 7) is 7.13. The summed E-state index contributed by atoms with van der Waals surface area (Å²) in [6, 6.07) is 0.727. The molecule has 2 fully saturated rings. The highest BCUT2D eigenvalue weighted by Gasteiger charge is 2.42. The van der Waals surface area contributed by atoms with Crippen LogP contribution in [0.2, 0.25) is 0 Å². The molecule has 0 amide bonds. The second-order valence-electron chi connectivity index (χ2n) is 5.05. The molecule has 0 aromatic rings. The van der Waals surface area contributed by atoms with E-state index in [4.69, 9.17) is 0 Å². The van der Waals surface area contributed by atoms with Crippen LogP contribution >= 0.6 is 11.8 Å². The van der Waals surface area contributed by atoms with Crippen LogP contribution in [-0.4, -0.2) is 16.7 Å². The van der Waals surface area contributed by atoms with Crippen molar-refractivity contribution in [3.05, 3.63) is 0 Å². The summed E-state index contributed by atoms with van der Waals surface area (Å²) < 4.78 is 0. The Labute approximate surface area is 86.0 Å². The average Bonchev–Trinajstić information content (AvgIpc) is 2.42. The molecule has 1 aliphatic heterocycles. The van der Waals surface area contributed by atoms with Crippen LogP contribution in [0.15, 0.2) is 0 Å². The minimum Gasteiger partial charge on any atom is -0.299 e. The van der Waals surface area contributed by atoms with Crippen molar-refractivity contribution in [3.63, 3.8) is 0 Å². The fourth-order valence-electron chi connectivity index (χ4n) is 2.65. The van der Waals surface area contributed by atoms with Crippen molar-refractivity contribution in [1.29, 1.82) is 0 Å². The van der Waals surface area contributed by atoms with Crippen molar-refractivity contribution in [3.8, 4) is 0 Å². The number of hydrogen-bond donors (Lipinski definition) is 1. The van der Waals surface area contributed by atoms with Crippen molar-refractivity contribution in [2.45, 2.75) is 50.9 Å². The minimum atomic E-state index is 0.464. The quantitative estimate of drug-likeness (QED) is 0.644. The molecule has 0 aromatic carbocycles. The van der Waals surface area contributed by atoms with E-state index in [1.807, 2.05) is 0 Å². The van der Waals surface area contributed by atoms with Crippen molar-refractivity contribution in [2.24, 2.45) is 11.8 Å². The Balaban J connectivity index is 2.01. The van der Waals surface area contributed by atoms with Crippen LogP contribution in [-0.2, 0) is 0 Å². The topological polar surface area (TPSA) is 12.0 Å². The molecule has 0 aromatic heterocycles. The van der Waals surface area contributed by atoms with Crippen LogP contribution in [0.3, 0.4) is 0 Å².